The Labute approximate surface area is 103 Å². The van der Waals surface area contributed by atoms with Gasteiger partial charge in [-0.05, 0) is 6.07 Å². The van der Waals surface area contributed by atoms with Crippen LogP contribution in [0.2, 0.25) is 0 Å². The molecule has 2 aromatic rings. The molecule has 0 radical (unpaired) electrons. The molecule has 0 saturated carbocycles. The van der Waals surface area contributed by atoms with E-state index in [0.29, 0.717) is 19.0 Å². The molecule has 17 heavy (non-hydrogen) atoms. The third-order valence-corrected chi connectivity index (χ3v) is 2.52. The Morgan fingerprint density at radius 2 is 2.53 bits per heavy atom. The van der Waals surface area contributed by atoms with Crippen molar-refractivity contribution in [3.8, 4) is 5.88 Å². The molecule has 2 N–H and O–H groups in total. The van der Waals surface area contributed by atoms with Gasteiger partial charge in [-0.25, -0.2) is 0 Å². The summed E-state index contributed by atoms with van der Waals surface area (Å²) in [5, 5.41) is 12.7. The van der Waals surface area contributed by atoms with Crippen LogP contribution in [0.1, 0.15) is 5.56 Å². The highest BCUT2D eigenvalue weighted by Gasteiger charge is 2.06. The number of aliphatic hydroxyl groups excluding tert-OH is 1. The quantitative estimate of drug-likeness (QED) is 0.756. The third kappa shape index (κ3) is 4.14. The van der Waals surface area contributed by atoms with Gasteiger partial charge in [0, 0.05) is 18.7 Å². The minimum atomic E-state index is -0.580. The first-order valence-corrected chi connectivity index (χ1v) is 5.88. The lowest BCUT2D eigenvalue weighted by Gasteiger charge is -2.11. The van der Waals surface area contributed by atoms with E-state index in [0.717, 1.165) is 17.3 Å². The number of rotatable bonds is 7. The van der Waals surface area contributed by atoms with Crippen LogP contribution in [0.25, 0.3) is 0 Å². The van der Waals surface area contributed by atoms with Gasteiger partial charge >= 0.3 is 0 Å². The van der Waals surface area contributed by atoms with Crippen molar-refractivity contribution in [1.29, 1.82) is 0 Å². The first-order valence-electron chi connectivity index (χ1n) is 5.15. The standard InChI is InChI=1S/C10H13N3O3S/c14-9(7-16-10-5-12-17-13-10)4-11-3-8-1-2-15-6-8/h1-2,5-6,9,11,14H,3-4,7H2. The molecule has 1 atom stereocenters. The fourth-order valence-corrected chi connectivity index (χ4v) is 1.60. The highest BCUT2D eigenvalue weighted by atomic mass is 32.1. The van der Waals surface area contributed by atoms with Crippen LogP contribution in [0, 0.1) is 0 Å². The molecular weight excluding hydrogens is 242 g/mol. The Morgan fingerprint density at radius 3 is 3.24 bits per heavy atom. The number of ether oxygens (including phenoxy) is 1. The first kappa shape index (κ1) is 12.0. The SMILES string of the molecule is OC(CNCc1ccoc1)COc1cnsn1. The molecule has 2 aromatic heterocycles. The van der Waals surface area contributed by atoms with Gasteiger partial charge in [-0.3, -0.25) is 0 Å². The molecule has 0 spiro atoms. The fraction of sp³-hybridized carbons (Fsp3) is 0.400. The molecule has 6 nitrogen and oxygen atoms in total. The molecule has 0 bridgehead atoms. The zero-order chi connectivity index (χ0) is 11.9. The summed E-state index contributed by atoms with van der Waals surface area (Å²) in [4.78, 5) is 0. The average Bonchev–Trinajstić information content (AvgIpc) is 2.99. The van der Waals surface area contributed by atoms with Crippen molar-refractivity contribution >= 4 is 11.7 Å². The molecule has 7 heteroatoms. The van der Waals surface area contributed by atoms with Gasteiger partial charge in [0.05, 0.1) is 24.3 Å². The Hall–Kier alpha value is -1.44. The van der Waals surface area contributed by atoms with Crippen molar-refractivity contribution < 1.29 is 14.3 Å². The summed E-state index contributed by atoms with van der Waals surface area (Å²) in [5.41, 5.74) is 1.04. The summed E-state index contributed by atoms with van der Waals surface area (Å²) in [7, 11) is 0. The van der Waals surface area contributed by atoms with E-state index in [1.54, 1.807) is 12.5 Å². The Kier molecular flexibility index (Phi) is 4.48. The number of aromatic nitrogens is 2. The number of furan rings is 1. The van der Waals surface area contributed by atoms with Crippen LogP contribution in [-0.4, -0.2) is 33.1 Å². The number of hydrogen-bond donors (Lipinski definition) is 2. The summed E-state index contributed by atoms with van der Waals surface area (Å²) < 4.78 is 17.8. The van der Waals surface area contributed by atoms with E-state index in [4.69, 9.17) is 9.15 Å². The van der Waals surface area contributed by atoms with Crippen LogP contribution < -0.4 is 10.1 Å². The zero-order valence-electron chi connectivity index (χ0n) is 9.07. The van der Waals surface area contributed by atoms with Crippen molar-refractivity contribution in [2.75, 3.05) is 13.2 Å². The van der Waals surface area contributed by atoms with Crippen molar-refractivity contribution in [2.45, 2.75) is 12.6 Å². The van der Waals surface area contributed by atoms with Gasteiger partial charge in [0.1, 0.15) is 18.9 Å². The van der Waals surface area contributed by atoms with E-state index in [-0.39, 0.29) is 6.61 Å². The van der Waals surface area contributed by atoms with Crippen molar-refractivity contribution in [3.05, 3.63) is 30.4 Å². The average molecular weight is 255 g/mol. The molecule has 92 valence electrons. The summed E-state index contributed by atoms with van der Waals surface area (Å²) >= 11 is 1.07. The monoisotopic (exact) mass is 255 g/mol. The van der Waals surface area contributed by atoms with E-state index >= 15 is 0 Å². The van der Waals surface area contributed by atoms with Crippen molar-refractivity contribution in [1.82, 2.24) is 14.1 Å². The molecule has 1 unspecified atom stereocenters. The predicted octanol–water partition coefficient (Wildman–Crippen LogP) is 0.661. The smallest absolute Gasteiger partial charge is 0.245 e. The van der Waals surface area contributed by atoms with Gasteiger partial charge in [-0.2, -0.15) is 4.37 Å². The minimum absolute atomic E-state index is 0.198. The summed E-state index contributed by atoms with van der Waals surface area (Å²) in [6, 6.07) is 1.87. The first-order chi connectivity index (χ1) is 8.34. The Morgan fingerprint density at radius 1 is 1.59 bits per heavy atom. The minimum Gasteiger partial charge on any atom is -0.473 e. The topological polar surface area (TPSA) is 80.4 Å². The van der Waals surface area contributed by atoms with E-state index in [1.807, 2.05) is 6.07 Å². The number of aliphatic hydroxyl groups is 1. The number of nitrogens with one attached hydrogen (secondary N) is 1. The molecule has 0 aliphatic heterocycles. The van der Waals surface area contributed by atoms with Gasteiger partial charge in [0.25, 0.3) is 0 Å². The number of hydrogen-bond acceptors (Lipinski definition) is 7. The molecule has 0 aliphatic rings. The van der Waals surface area contributed by atoms with Crippen molar-refractivity contribution in [2.24, 2.45) is 0 Å². The van der Waals surface area contributed by atoms with Gasteiger partial charge < -0.3 is 19.6 Å². The van der Waals surface area contributed by atoms with Gasteiger partial charge in [0.2, 0.25) is 5.88 Å². The fourth-order valence-electron chi connectivity index (χ4n) is 1.24. The summed E-state index contributed by atoms with van der Waals surface area (Å²) in [6.45, 7) is 1.30. The molecule has 0 aliphatic carbocycles. The van der Waals surface area contributed by atoms with Crippen LogP contribution in [-0.2, 0) is 6.54 Å². The molecule has 0 aromatic carbocycles. The summed E-state index contributed by atoms with van der Waals surface area (Å²) in [5.74, 6) is 0.448. The second-order valence-corrected chi connectivity index (χ2v) is 4.03. The zero-order valence-corrected chi connectivity index (χ0v) is 9.89. The second-order valence-electron chi connectivity index (χ2n) is 3.47. The highest BCUT2D eigenvalue weighted by molar-refractivity contribution is 6.99. The van der Waals surface area contributed by atoms with Crippen LogP contribution in [0.4, 0.5) is 0 Å². The van der Waals surface area contributed by atoms with Crippen LogP contribution in [0.5, 0.6) is 5.88 Å². The molecule has 2 rings (SSSR count). The summed E-state index contributed by atoms with van der Waals surface area (Å²) in [6.07, 6.45) is 4.22. The largest absolute Gasteiger partial charge is 0.473 e. The van der Waals surface area contributed by atoms with E-state index in [9.17, 15) is 5.11 Å². The van der Waals surface area contributed by atoms with Crippen LogP contribution in [0.3, 0.4) is 0 Å². The van der Waals surface area contributed by atoms with Gasteiger partial charge in [-0.1, -0.05) is 0 Å². The second kappa shape index (κ2) is 6.33. The Balaban J connectivity index is 1.59. The van der Waals surface area contributed by atoms with E-state index < -0.39 is 6.10 Å². The normalized spacial score (nSPS) is 12.5. The lowest BCUT2D eigenvalue weighted by atomic mass is 10.3. The maximum atomic E-state index is 9.62. The maximum absolute atomic E-state index is 9.62. The van der Waals surface area contributed by atoms with Crippen LogP contribution in [0.15, 0.2) is 29.2 Å². The Bertz CT molecular complexity index is 404. The maximum Gasteiger partial charge on any atom is 0.245 e. The molecule has 0 fully saturated rings. The third-order valence-electron chi connectivity index (χ3n) is 2.05. The molecule has 2 heterocycles. The lowest BCUT2D eigenvalue weighted by Crippen LogP contribution is -2.31. The van der Waals surface area contributed by atoms with Gasteiger partial charge in [-0.15, -0.1) is 4.37 Å². The molecule has 0 saturated heterocycles. The molecule has 0 amide bonds. The number of nitrogens with zero attached hydrogens (tertiary/aromatic N) is 2. The highest BCUT2D eigenvalue weighted by Crippen LogP contribution is 2.05. The predicted molar refractivity (Wildman–Crippen MR) is 61.8 cm³/mol. The molecular formula is C10H13N3O3S. The van der Waals surface area contributed by atoms with Crippen molar-refractivity contribution in [3.63, 3.8) is 0 Å². The van der Waals surface area contributed by atoms with Crippen LogP contribution >= 0.6 is 11.7 Å². The lowest BCUT2D eigenvalue weighted by molar-refractivity contribution is 0.104. The van der Waals surface area contributed by atoms with E-state index in [1.165, 1.54) is 6.20 Å². The van der Waals surface area contributed by atoms with E-state index in [2.05, 4.69) is 14.1 Å². The van der Waals surface area contributed by atoms with Gasteiger partial charge in [0.15, 0.2) is 0 Å².